The van der Waals surface area contributed by atoms with E-state index in [1.54, 1.807) is 6.08 Å². The number of aliphatic hydroxyl groups is 1. The van der Waals surface area contributed by atoms with Crippen molar-refractivity contribution < 1.29 is 14.6 Å². The lowest BCUT2D eigenvalue weighted by Gasteiger charge is -2.20. The summed E-state index contributed by atoms with van der Waals surface area (Å²) >= 11 is 0. The molecule has 2 fully saturated rings. The highest BCUT2D eigenvalue weighted by molar-refractivity contribution is 4.93. The van der Waals surface area contributed by atoms with Crippen molar-refractivity contribution in [3.63, 3.8) is 0 Å². The highest BCUT2D eigenvalue weighted by atomic mass is 16.6. The van der Waals surface area contributed by atoms with Crippen molar-refractivity contribution >= 4 is 0 Å². The summed E-state index contributed by atoms with van der Waals surface area (Å²) in [5.41, 5.74) is 0. The van der Waals surface area contributed by atoms with E-state index in [-0.39, 0.29) is 24.2 Å². The molecule has 0 radical (unpaired) electrons. The molecule has 2 saturated heterocycles. The van der Waals surface area contributed by atoms with Gasteiger partial charge in [-0.25, -0.2) is 0 Å². The van der Waals surface area contributed by atoms with E-state index in [0.717, 1.165) is 13.0 Å². The lowest BCUT2D eigenvalue weighted by Crippen LogP contribution is -2.32. The van der Waals surface area contributed by atoms with E-state index in [9.17, 15) is 5.11 Å². The molecule has 0 bridgehead atoms. The quantitative estimate of drug-likeness (QED) is 0.657. The highest BCUT2D eigenvalue weighted by Crippen LogP contribution is 2.33. The molecule has 1 N–H and O–H groups in total. The molecule has 2 rings (SSSR count). The second kappa shape index (κ2) is 3.78. The molecule has 0 aromatic rings. The number of fused-ring (bicyclic) bond motifs is 1. The smallest absolute Gasteiger partial charge is 0.0912 e. The normalized spacial score (nSPS) is 40.2. The van der Waals surface area contributed by atoms with Gasteiger partial charge in [-0.2, -0.15) is 0 Å². The fourth-order valence-electron chi connectivity index (χ4n) is 2.17. The van der Waals surface area contributed by atoms with Gasteiger partial charge in [0.15, 0.2) is 0 Å². The Kier molecular flexibility index (Phi) is 2.67. The fraction of sp³-hybridized carbons (Fsp3) is 0.800. The van der Waals surface area contributed by atoms with Crippen LogP contribution in [0.3, 0.4) is 0 Å². The SMILES string of the molecule is C=CCC(O)C1CO[C@@H]2CCO[C@H]12. The van der Waals surface area contributed by atoms with Gasteiger partial charge >= 0.3 is 0 Å². The first-order valence-electron chi connectivity index (χ1n) is 4.85. The van der Waals surface area contributed by atoms with E-state index in [4.69, 9.17) is 9.47 Å². The van der Waals surface area contributed by atoms with Crippen LogP contribution in [0.25, 0.3) is 0 Å². The predicted octanol–water partition coefficient (Wildman–Crippen LogP) is 0.727. The third kappa shape index (κ3) is 1.64. The molecule has 2 heterocycles. The predicted molar refractivity (Wildman–Crippen MR) is 48.4 cm³/mol. The first-order chi connectivity index (χ1) is 6.33. The minimum absolute atomic E-state index is 0.120. The molecule has 74 valence electrons. The van der Waals surface area contributed by atoms with Crippen molar-refractivity contribution in [2.24, 2.45) is 5.92 Å². The van der Waals surface area contributed by atoms with E-state index in [1.165, 1.54) is 0 Å². The molecule has 0 spiro atoms. The van der Waals surface area contributed by atoms with E-state index in [0.29, 0.717) is 13.0 Å². The maximum Gasteiger partial charge on any atom is 0.0912 e. The third-order valence-corrected chi connectivity index (χ3v) is 2.91. The number of ether oxygens (including phenoxy) is 2. The monoisotopic (exact) mass is 184 g/mol. The molecule has 4 atom stereocenters. The molecule has 2 unspecified atom stereocenters. The van der Waals surface area contributed by atoms with Crippen molar-refractivity contribution in [2.75, 3.05) is 13.2 Å². The van der Waals surface area contributed by atoms with Crippen LogP contribution in [-0.2, 0) is 9.47 Å². The van der Waals surface area contributed by atoms with Crippen LogP contribution in [0.1, 0.15) is 12.8 Å². The van der Waals surface area contributed by atoms with Crippen LogP contribution in [0.5, 0.6) is 0 Å². The highest BCUT2D eigenvalue weighted by Gasteiger charge is 2.44. The lowest BCUT2D eigenvalue weighted by atomic mass is 9.94. The van der Waals surface area contributed by atoms with Crippen LogP contribution in [0.2, 0.25) is 0 Å². The molecular weight excluding hydrogens is 168 g/mol. The second-order valence-electron chi connectivity index (χ2n) is 3.75. The third-order valence-electron chi connectivity index (χ3n) is 2.91. The Morgan fingerprint density at radius 2 is 2.38 bits per heavy atom. The van der Waals surface area contributed by atoms with Gasteiger partial charge in [-0.3, -0.25) is 0 Å². The minimum Gasteiger partial charge on any atom is -0.392 e. The van der Waals surface area contributed by atoms with Gasteiger partial charge in [0.2, 0.25) is 0 Å². The van der Waals surface area contributed by atoms with Gasteiger partial charge in [-0.05, 0) is 12.8 Å². The van der Waals surface area contributed by atoms with Crippen molar-refractivity contribution in [1.29, 1.82) is 0 Å². The van der Waals surface area contributed by atoms with Gasteiger partial charge in [-0.1, -0.05) is 6.08 Å². The molecule has 2 aliphatic heterocycles. The number of aliphatic hydroxyl groups excluding tert-OH is 1. The van der Waals surface area contributed by atoms with Crippen LogP contribution in [-0.4, -0.2) is 36.6 Å². The average molecular weight is 184 g/mol. The molecule has 0 aromatic carbocycles. The summed E-state index contributed by atoms with van der Waals surface area (Å²) in [6, 6.07) is 0. The Hall–Kier alpha value is -0.380. The van der Waals surface area contributed by atoms with Gasteiger partial charge < -0.3 is 14.6 Å². The zero-order valence-corrected chi connectivity index (χ0v) is 7.69. The topological polar surface area (TPSA) is 38.7 Å². The zero-order valence-electron chi connectivity index (χ0n) is 7.69. The molecule has 3 nitrogen and oxygen atoms in total. The van der Waals surface area contributed by atoms with Gasteiger partial charge in [-0.15, -0.1) is 6.58 Å². The Labute approximate surface area is 78.3 Å². The van der Waals surface area contributed by atoms with E-state index >= 15 is 0 Å². The Bertz CT molecular complexity index is 193. The summed E-state index contributed by atoms with van der Waals surface area (Å²) in [5, 5.41) is 9.76. The Morgan fingerprint density at radius 3 is 3.15 bits per heavy atom. The molecule has 0 aliphatic carbocycles. The maximum absolute atomic E-state index is 9.76. The Balaban J connectivity index is 1.96. The molecule has 3 heteroatoms. The summed E-state index contributed by atoms with van der Waals surface area (Å²) in [4.78, 5) is 0. The first-order valence-corrected chi connectivity index (χ1v) is 4.85. The van der Waals surface area contributed by atoms with E-state index in [1.807, 2.05) is 0 Å². The fourth-order valence-corrected chi connectivity index (χ4v) is 2.17. The first kappa shape index (κ1) is 9.19. The van der Waals surface area contributed by atoms with Crippen molar-refractivity contribution in [3.05, 3.63) is 12.7 Å². The van der Waals surface area contributed by atoms with Gasteiger partial charge in [0, 0.05) is 12.5 Å². The standard InChI is InChI=1S/C10H16O3/c1-2-3-8(11)7-6-13-9-4-5-12-10(7)9/h2,7-11H,1,3-6H2/t7?,8?,9-,10-/m1/s1. The summed E-state index contributed by atoms with van der Waals surface area (Å²) in [7, 11) is 0. The van der Waals surface area contributed by atoms with E-state index < -0.39 is 0 Å². The van der Waals surface area contributed by atoms with Crippen LogP contribution in [0, 0.1) is 5.92 Å². The summed E-state index contributed by atoms with van der Waals surface area (Å²) < 4.78 is 11.1. The number of rotatable bonds is 3. The maximum atomic E-state index is 9.76. The van der Waals surface area contributed by atoms with Gasteiger partial charge in [0.1, 0.15) is 0 Å². The summed E-state index contributed by atoms with van der Waals surface area (Å²) in [6.45, 7) is 5.02. The van der Waals surface area contributed by atoms with E-state index in [2.05, 4.69) is 6.58 Å². The van der Waals surface area contributed by atoms with Gasteiger partial charge in [0.05, 0.1) is 24.9 Å². The van der Waals surface area contributed by atoms with Crippen LogP contribution in [0.4, 0.5) is 0 Å². The molecule has 2 aliphatic rings. The van der Waals surface area contributed by atoms with Crippen molar-refractivity contribution in [2.45, 2.75) is 31.2 Å². The number of hydrogen-bond donors (Lipinski definition) is 1. The average Bonchev–Trinajstić information content (AvgIpc) is 2.62. The molecule has 13 heavy (non-hydrogen) atoms. The lowest BCUT2D eigenvalue weighted by molar-refractivity contribution is 0.0138. The van der Waals surface area contributed by atoms with Crippen molar-refractivity contribution in [1.82, 2.24) is 0 Å². The van der Waals surface area contributed by atoms with Crippen LogP contribution >= 0.6 is 0 Å². The molecule has 0 saturated carbocycles. The van der Waals surface area contributed by atoms with Crippen molar-refractivity contribution in [3.8, 4) is 0 Å². The number of hydrogen-bond acceptors (Lipinski definition) is 3. The molecule has 0 amide bonds. The van der Waals surface area contributed by atoms with Gasteiger partial charge in [0.25, 0.3) is 0 Å². The Morgan fingerprint density at radius 1 is 1.54 bits per heavy atom. The molecular formula is C10H16O3. The largest absolute Gasteiger partial charge is 0.392 e. The summed E-state index contributed by atoms with van der Waals surface area (Å²) in [6.07, 6.45) is 3.33. The zero-order chi connectivity index (χ0) is 9.26. The second-order valence-corrected chi connectivity index (χ2v) is 3.75. The van der Waals surface area contributed by atoms with Crippen LogP contribution < -0.4 is 0 Å². The van der Waals surface area contributed by atoms with Crippen LogP contribution in [0.15, 0.2) is 12.7 Å². The summed E-state index contributed by atoms with van der Waals surface area (Å²) in [5.74, 6) is 0.144. The molecule has 0 aromatic heterocycles. The minimum atomic E-state index is -0.356.